The third-order valence-electron chi connectivity index (χ3n) is 3.23. The van der Waals surface area contributed by atoms with Crippen molar-refractivity contribution in [2.24, 2.45) is 0 Å². The average Bonchev–Trinajstić information content (AvgIpc) is 3.05. The molecule has 19 heavy (non-hydrogen) atoms. The van der Waals surface area contributed by atoms with Crippen molar-refractivity contribution >= 4 is 22.3 Å². The SMILES string of the molecule is CNC(Cc1ccsc1)c1cc2cccc(F)c2o1. The summed E-state index contributed by atoms with van der Waals surface area (Å²) in [6.45, 7) is 0. The van der Waals surface area contributed by atoms with E-state index in [1.807, 2.05) is 19.2 Å². The number of fused-ring (bicyclic) bond motifs is 1. The van der Waals surface area contributed by atoms with Crippen LogP contribution in [-0.4, -0.2) is 7.05 Å². The number of thiophene rings is 1. The monoisotopic (exact) mass is 275 g/mol. The van der Waals surface area contributed by atoms with Gasteiger partial charge in [-0.25, -0.2) is 4.39 Å². The molecule has 1 N–H and O–H groups in total. The number of halogens is 1. The van der Waals surface area contributed by atoms with Gasteiger partial charge in [-0.1, -0.05) is 12.1 Å². The van der Waals surface area contributed by atoms with Crippen LogP contribution in [0.15, 0.2) is 45.5 Å². The van der Waals surface area contributed by atoms with Crippen LogP contribution in [0.4, 0.5) is 4.39 Å². The van der Waals surface area contributed by atoms with Gasteiger partial charge in [0.25, 0.3) is 0 Å². The predicted molar refractivity (Wildman–Crippen MR) is 76.0 cm³/mol. The Morgan fingerprint density at radius 1 is 1.37 bits per heavy atom. The van der Waals surface area contributed by atoms with Crippen LogP contribution in [0.2, 0.25) is 0 Å². The zero-order chi connectivity index (χ0) is 13.2. The lowest BCUT2D eigenvalue weighted by molar-refractivity contribution is 0.442. The summed E-state index contributed by atoms with van der Waals surface area (Å²) in [5, 5.41) is 8.21. The highest BCUT2D eigenvalue weighted by molar-refractivity contribution is 7.07. The quantitative estimate of drug-likeness (QED) is 0.774. The fourth-order valence-corrected chi connectivity index (χ4v) is 2.89. The molecular formula is C15H14FNOS. The largest absolute Gasteiger partial charge is 0.456 e. The Balaban J connectivity index is 1.95. The Bertz CT molecular complexity index is 675. The normalized spacial score (nSPS) is 12.9. The molecule has 3 aromatic rings. The summed E-state index contributed by atoms with van der Waals surface area (Å²) in [5.74, 6) is 0.461. The molecule has 4 heteroatoms. The molecule has 1 unspecified atom stereocenters. The summed E-state index contributed by atoms with van der Waals surface area (Å²) >= 11 is 1.68. The van der Waals surface area contributed by atoms with Crippen molar-refractivity contribution in [2.45, 2.75) is 12.5 Å². The Kier molecular flexibility index (Phi) is 3.36. The number of furan rings is 1. The summed E-state index contributed by atoms with van der Waals surface area (Å²) in [7, 11) is 1.89. The van der Waals surface area contributed by atoms with Crippen LogP contribution in [0.3, 0.4) is 0 Å². The van der Waals surface area contributed by atoms with Gasteiger partial charge < -0.3 is 9.73 Å². The smallest absolute Gasteiger partial charge is 0.169 e. The van der Waals surface area contributed by atoms with Gasteiger partial charge in [0.2, 0.25) is 0 Å². The first-order valence-corrected chi connectivity index (χ1v) is 7.08. The van der Waals surface area contributed by atoms with Crippen molar-refractivity contribution in [3.63, 3.8) is 0 Å². The lowest BCUT2D eigenvalue weighted by Gasteiger charge is -2.12. The maximum Gasteiger partial charge on any atom is 0.169 e. The Morgan fingerprint density at radius 2 is 2.26 bits per heavy atom. The van der Waals surface area contributed by atoms with E-state index < -0.39 is 0 Å². The highest BCUT2D eigenvalue weighted by atomic mass is 32.1. The van der Waals surface area contributed by atoms with Crippen molar-refractivity contribution in [3.05, 3.63) is 58.2 Å². The number of hydrogen-bond acceptors (Lipinski definition) is 3. The molecule has 0 bridgehead atoms. The average molecular weight is 275 g/mol. The second-order valence-corrected chi connectivity index (χ2v) is 5.26. The van der Waals surface area contributed by atoms with Crippen LogP contribution < -0.4 is 5.32 Å². The summed E-state index contributed by atoms with van der Waals surface area (Å²) in [5.41, 5.74) is 1.59. The van der Waals surface area contributed by atoms with E-state index in [2.05, 4.69) is 22.1 Å². The number of hydrogen-bond donors (Lipinski definition) is 1. The third kappa shape index (κ3) is 2.41. The van der Waals surface area contributed by atoms with Gasteiger partial charge in [0.15, 0.2) is 11.4 Å². The number of para-hydroxylation sites is 1. The van der Waals surface area contributed by atoms with Crippen molar-refractivity contribution in [3.8, 4) is 0 Å². The molecule has 1 aromatic carbocycles. The summed E-state index contributed by atoms with van der Waals surface area (Å²) in [4.78, 5) is 0. The molecule has 2 heterocycles. The van der Waals surface area contributed by atoms with Crippen LogP contribution in [-0.2, 0) is 6.42 Å². The van der Waals surface area contributed by atoms with Crippen LogP contribution >= 0.6 is 11.3 Å². The molecule has 2 aromatic heterocycles. The van der Waals surface area contributed by atoms with E-state index in [1.165, 1.54) is 11.6 Å². The molecule has 0 fully saturated rings. The van der Waals surface area contributed by atoms with Gasteiger partial charge >= 0.3 is 0 Å². The lowest BCUT2D eigenvalue weighted by Crippen LogP contribution is -2.17. The van der Waals surface area contributed by atoms with E-state index >= 15 is 0 Å². The standard InChI is InChI=1S/C15H14FNOS/c1-17-13(7-10-5-6-19-9-10)14-8-11-3-2-4-12(16)15(11)18-14/h2-6,8-9,13,17H,7H2,1H3. The van der Waals surface area contributed by atoms with E-state index in [4.69, 9.17) is 4.42 Å². The van der Waals surface area contributed by atoms with E-state index in [9.17, 15) is 4.39 Å². The van der Waals surface area contributed by atoms with Crippen molar-refractivity contribution in [1.29, 1.82) is 0 Å². The van der Waals surface area contributed by atoms with Crippen molar-refractivity contribution in [2.75, 3.05) is 7.05 Å². The molecule has 0 spiro atoms. The van der Waals surface area contributed by atoms with E-state index in [0.717, 1.165) is 17.6 Å². The number of likely N-dealkylation sites (N-methyl/N-ethyl adjacent to an activating group) is 1. The second-order valence-electron chi connectivity index (χ2n) is 4.48. The van der Waals surface area contributed by atoms with Crippen LogP contribution in [0.1, 0.15) is 17.4 Å². The molecule has 0 amide bonds. The van der Waals surface area contributed by atoms with Crippen LogP contribution in [0.5, 0.6) is 0 Å². The Morgan fingerprint density at radius 3 is 2.95 bits per heavy atom. The summed E-state index contributed by atoms with van der Waals surface area (Å²) < 4.78 is 19.3. The van der Waals surface area contributed by atoms with Gasteiger partial charge in [-0.3, -0.25) is 0 Å². The number of rotatable bonds is 4. The lowest BCUT2D eigenvalue weighted by atomic mass is 10.1. The van der Waals surface area contributed by atoms with Crippen molar-refractivity contribution in [1.82, 2.24) is 5.32 Å². The van der Waals surface area contributed by atoms with Gasteiger partial charge in [-0.05, 0) is 48.0 Å². The third-order valence-corrected chi connectivity index (χ3v) is 3.96. The topological polar surface area (TPSA) is 25.2 Å². The molecule has 1 atom stereocenters. The van der Waals surface area contributed by atoms with Gasteiger partial charge in [0.05, 0.1) is 6.04 Å². The van der Waals surface area contributed by atoms with E-state index in [0.29, 0.717) is 5.58 Å². The molecule has 3 rings (SSSR count). The molecular weight excluding hydrogens is 261 g/mol. The van der Waals surface area contributed by atoms with Gasteiger partial charge in [0, 0.05) is 5.39 Å². The molecule has 0 aliphatic heterocycles. The van der Waals surface area contributed by atoms with E-state index in [-0.39, 0.29) is 11.9 Å². The zero-order valence-electron chi connectivity index (χ0n) is 10.5. The zero-order valence-corrected chi connectivity index (χ0v) is 11.3. The molecule has 0 aliphatic carbocycles. The first kappa shape index (κ1) is 12.4. The minimum absolute atomic E-state index is 0.0569. The maximum absolute atomic E-state index is 13.6. The molecule has 0 saturated carbocycles. The second kappa shape index (κ2) is 5.15. The molecule has 0 radical (unpaired) electrons. The first-order chi connectivity index (χ1) is 9.28. The van der Waals surface area contributed by atoms with Crippen LogP contribution in [0, 0.1) is 5.82 Å². The fraction of sp³-hybridized carbons (Fsp3) is 0.200. The first-order valence-electron chi connectivity index (χ1n) is 6.14. The Labute approximate surface area is 114 Å². The fourth-order valence-electron chi connectivity index (χ4n) is 2.21. The minimum Gasteiger partial charge on any atom is -0.456 e. The highest BCUT2D eigenvalue weighted by Crippen LogP contribution is 2.28. The van der Waals surface area contributed by atoms with Crippen LogP contribution in [0.25, 0.3) is 11.0 Å². The molecule has 2 nitrogen and oxygen atoms in total. The van der Waals surface area contributed by atoms with Crippen molar-refractivity contribution < 1.29 is 8.81 Å². The van der Waals surface area contributed by atoms with Gasteiger partial charge in [-0.15, -0.1) is 0 Å². The summed E-state index contributed by atoms with van der Waals surface area (Å²) in [6.07, 6.45) is 0.835. The number of nitrogens with one attached hydrogen (secondary N) is 1. The molecule has 98 valence electrons. The molecule has 0 saturated heterocycles. The van der Waals surface area contributed by atoms with Gasteiger partial charge in [0.1, 0.15) is 5.76 Å². The minimum atomic E-state index is -0.311. The van der Waals surface area contributed by atoms with Gasteiger partial charge in [-0.2, -0.15) is 11.3 Å². The maximum atomic E-state index is 13.6. The summed E-state index contributed by atoms with van der Waals surface area (Å²) in [6, 6.07) is 9.04. The van der Waals surface area contributed by atoms with E-state index in [1.54, 1.807) is 17.4 Å². The Hall–Kier alpha value is -1.65. The predicted octanol–water partition coefficient (Wildman–Crippen LogP) is 4.14. The highest BCUT2D eigenvalue weighted by Gasteiger charge is 2.16. The number of benzene rings is 1. The molecule has 0 aliphatic rings.